The number of unbranched alkanes of at least 4 members (excludes halogenated alkanes) is 9. The van der Waals surface area contributed by atoms with Crippen LogP contribution in [0.3, 0.4) is 0 Å². The Morgan fingerprint density at radius 1 is 0.918 bits per heavy atom. The quantitative estimate of drug-likeness (QED) is 0.0746. The lowest BCUT2D eigenvalue weighted by Gasteiger charge is -2.22. The van der Waals surface area contributed by atoms with Crippen LogP contribution < -0.4 is 10.0 Å². The zero-order chi connectivity index (χ0) is 35.6. The third-order valence-corrected chi connectivity index (χ3v) is 9.97. The maximum absolute atomic E-state index is 13.8. The topological polar surface area (TPSA) is 165 Å². The van der Waals surface area contributed by atoms with Gasteiger partial charge in [0.2, 0.25) is 15.8 Å². The van der Waals surface area contributed by atoms with Crippen LogP contribution >= 0.6 is 11.6 Å². The molecule has 49 heavy (non-hydrogen) atoms. The maximum Gasteiger partial charge on any atom is 0.418 e. The van der Waals surface area contributed by atoms with Crippen LogP contribution in [0.15, 0.2) is 64.0 Å². The molecule has 1 fully saturated rings. The fourth-order valence-electron chi connectivity index (χ4n) is 5.40. The van der Waals surface area contributed by atoms with Crippen molar-refractivity contribution in [1.29, 1.82) is 0 Å². The number of Topliss-reactive ketones (excluding diaryl/α,β-unsaturated/α-hetero) is 1. The molecule has 1 saturated heterocycles. The summed E-state index contributed by atoms with van der Waals surface area (Å²) in [5, 5.41) is 6.17. The molecule has 1 aliphatic heterocycles. The standard InChI is InChI=1S/C35H43ClN4O8S/c1-4-5-6-7-8-9-10-11-12-16-21-37-49(45,46)25-19-20-26(36)27(22-25)38-32(42)30(40-33(43)35(2,3)47-34(40)44)31(41)28-23-29(48-39-28)24-17-14-13-15-18-24/h13-15,17-20,22-23,30,37H,4-12,16,21H2,1-3H3,(H,38,42). The highest BCUT2D eigenvalue weighted by Crippen LogP contribution is 2.30. The number of hydrogen-bond donors (Lipinski definition) is 2. The van der Waals surface area contributed by atoms with Gasteiger partial charge >= 0.3 is 6.09 Å². The van der Waals surface area contributed by atoms with Gasteiger partial charge in [0, 0.05) is 18.2 Å². The van der Waals surface area contributed by atoms with Gasteiger partial charge in [-0.2, -0.15) is 0 Å². The Morgan fingerprint density at radius 3 is 2.16 bits per heavy atom. The highest BCUT2D eigenvalue weighted by atomic mass is 35.5. The summed E-state index contributed by atoms with van der Waals surface area (Å²) >= 11 is 6.33. The zero-order valence-corrected chi connectivity index (χ0v) is 29.6. The van der Waals surface area contributed by atoms with Crippen LogP contribution in [0.25, 0.3) is 11.3 Å². The zero-order valence-electron chi connectivity index (χ0n) is 28.0. The van der Waals surface area contributed by atoms with Crippen LogP contribution in [0.5, 0.6) is 0 Å². The van der Waals surface area contributed by atoms with Gasteiger partial charge in [-0.15, -0.1) is 0 Å². The molecule has 1 aliphatic rings. The van der Waals surface area contributed by atoms with Crippen molar-refractivity contribution in [3.63, 3.8) is 0 Å². The number of imide groups is 1. The van der Waals surface area contributed by atoms with E-state index in [9.17, 15) is 27.6 Å². The smallest absolute Gasteiger partial charge is 0.418 e. The first-order valence-corrected chi connectivity index (χ1v) is 18.4. The molecule has 2 aromatic carbocycles. The summed E-state index contributed by atoms with van der Waals surface area (Å²) in [5.74, 6) is -2.90. The van der Waals surface area contributed by atoms with Gasteiger partial charge in [-0.1, -0.05) is 112 Å². The lowest BCUT2D eigenvalue weighted by molar-refractivity contribution is -0.137. The third-order valence-electron chi connectivity index (χ3n) is 8.18. The van der Waals surface area contributed by atoms with E-state index < -0.39 is 45.4 Å². The number of amides is 3. The fourth-order valence-corrected chi connectivity index (χ4v) is 6.67. The van der Waals surface area contributed by atoms with Crippen LogP contribution in [0, 0.1) is 0 Å². The Hall–Kier alpha value is -4.07. The number of cyclic esters (lactones) is 1. The minimum absolute atomic E-state index is 0.0448. The lowest BCUT2D eigenvalue weighted by atomic mass is 10.0. The second kappa shape index (κ2) is 17.0. The van der Waals surface area contributed by atoms with E-state index in [4.69, 9.17) is 20.9 Å². The predicted molar refractivity (Wildman–Crippen MR) is 185 cm³/mol. The van der Waals surface area contributed by atoms with Gasteiger partial charge in [0.05, 0.1) is 15.6 Å². The van der Waals surface area contributed by atoms with E-state index in [1.807, 2.05) is 0 Å². The number of rotatable bonds is 19. The second-order valence-corrected chi connectivity index (χ2v) is 14.6. The average molecular weight is 715 g/mol. The predicted octanol–water partition coefficient (Wildman–Crippen LogP) is 7.14. The maximum atomic E-state index is 13.8. The number of sulfonamides is 1. The molecule has 0 radical (unpaired) electrons. The molecular weight excluding hydrogens is 672 g/mol. The Balaban J connectivity index is 1.46. The molecular formula is C35H43ClN4O8S. The minimum atomic E-state index is -3.99. The lowest BCUT2D eigenvalue weighted by Crippen LogP contribution is -2.53. The van der Waals surface area contributed by atoms with Gasteiger partial charge in [-0.25, -0.2) is 22.8 Å². The van der Waals surface area contributed by atoms with Gasteiger partial charge in [0.15, 0.2) is 23.1 Å². The van der Waals surface area contributed by atoms with E-state index in [-0.39, 0.29) is 33.6 Å². The van der Waals surface area contributed by atoms with E-state index in [0.29, 0.717) is 16.9 Å². The summed E-state index contributed by atoms with van der Waals surface area (Å²) in [6.45, 7) is 5.08. The number of carbonyl (C=O) groups excluding carboxylic acids is 4. The molecule has 14 heteroatoms. The van der Waals surface area contributed by atoms with Crippen molar-refractivity contribution in [2.24, 2.45) is 0 Å². The number of aromatic nitrogens is 1. The molecule has 3 amide bonds. The van der Waals surface area contributed by atoms with E-state index in [2.05, 4.69) is 22.1 Å². The van der Waals surface area contributed by atoms with Crippen molar-refractivity contribution in [1.82, 2.24) is 14.8 Å². The molecule has 1 aromatic heterocycles. The van der Waals surface area contributed by atoms with Crippen LogP contribution in [0.2, 0.25) is 5.02 Å². The van der Waals surface area contributed by atoms with Gasteiger partial charge < -0.3 is 14.6 Å². The Kier molecular flexibility index (Phi) is 13.1. The van der Waals surface area contributed by atoms with E-state index in [1.165, 1.54) is 70.6 Å². The summed E-state index contributed by atoms with van der Waals surface area (Å²) in [7, 11) is -3.99. The van der Waals surface area contributed by atoms with E-state index in [0.717, 1.165) is 25.3 Å². The molecule has 2 heterocycles. The first kappa shape index (κ1) is 37.7. The van der Waals surface area contributed by atoms with Crippen LogP contribution in [0.1, 0.15) is 95.5 Å². The Labute approximate surface area is 291 Å². The van der Waals surface area contributed by atoms with Crippen molar-refractivity contribution in [3.05, 3.63) is 65.3 Å². The van der Waals surface area contributed by atoms with Crippen molar-refractivity contribution in [2.45, 2.75) is 102 Å². The molecule has 0 bridgehead atoms. The normalized spacial score (nSPS) is 14.9. The number of ketones is 1. The molecule has 0 spiro atoms. The number of halogens is 1. The monoisotopic (exact) mass is 714 g/mol. The number of hydrogen-bond acceptors (Lipinski definition) is 9. The van der Waals surface area contributed by atoms with Crippen molar-refractivity contribution >= 4 is 51.0 Å². The summed E-state index contributed by atoms with van der Waals surface area (Å²) < 4.78 is 39.2. The van der Waals surface area contributed by atoms with Gasteiger partial charge in [0.1, 0.15) is 0 Å². The molecule has 264 valence electrons. The van der Waals surface area contributed by atoms with Crippen molar-refractivity contribution in [2.75, 3.05) is 11.9 Å². The average Bonchev–Trinajstić information content (AvgIpc) is 3.64. The molecule has 12 nitrogen and oxygen atoms in total. The summed E-state index contributed by atoms with van der Waals surface area (Å²) in [4.78, 5) is 53.8. The van der Waals surface area contributed by atoms with Crippen LogP contribution in [0.4, 0.5) is 10.5 Å². The number of benzene rings is 2. The van der Waals surface area contributed by atoms with Gasteiger partial charge in [-0.05, 0) is 38.5 Å². The SMILES string of the molecule is CCCCCCCCCCCCNS(=O)(=O)c1ccc(Cl)c(NC(=O)C(C(=O)c2cc(-c3ccccc3)on2)N2C(=O)OC(C)(C)C2=O)c1. The van der Waals surface area contributed by atoms with E-state index in [1.54, 1.807) is 30.3 Å². The first-order chi connectivity index (χ1) is 23.4. The second-order valence-electron chi connectivity index (χ2n) is 12.5. The summed E-state index contributed by atoms with van der Waals surface area (Å²) in [5.41, 5.74) is -1.54. The number of carbonyl (C=O) groups is 4. The molecule has 3 aromatic rings. The summed E-state index contributed by atoms with van der Waals surface area (Å²) in [6, 6.07) is 11.6. The molecule has 2 N–H and O–H groups in total. The molecule has 0 saturated carbocycles. The van der Waals surface area contributed by atoms with Gasteiger partial charge in [0.25, 0.3) is 11.8 Å². The Morgan fingerprint density at radius 2 is 1.55 bits per heavy atom. The van der Waals surface area contributed by atoms with Crippen LogP contribution in [-0.4, -0.2) is 60.4 Å². The fraction of sp³-hybridized carbons (Fsp3) is 0.457. The number of ether oxygens (including phenoxy) is 1. The molecule has 1 atom stereocenters. The van der Waals surface area contributed by atoms with Crippen LogP contribution in [-0.2, 0) is 24.3 Å². The number of anilines is 1. The largest absolute Gasteiger partial charge is 0.433 e. The van der Waals surface area contributed by atoms with Crippen molar-refractivity contribution in [3.8, 4) is 11.3 Å². The molecule has 0 aliphatic carbocycles. The molecule has 4 rings (SSSR count). The minimum Gasteiger partial charge on any atom is -0.433 e. The molecule has 1 unspecified atom stereocenters. The first-order valence-electron chi connectivity index (χ1n) is 16.6. The summed E-state index contributed by atoms with van der Waals surface area (Å²) in [6.07, 6.45) is 9.92. The highest BCUT2D eigenvalue weighted by molar-refractivity contribution is 7.89. The number of nitrogens with zero attached hydrogens (tertiary/aromatic N) is 2. The van der Waals surface area contributed by atoms with Crippen molar-refractivity contribution < 1.29 is 36.9 Å². The number of nitrogens with one attached hydrogen (secondary N) is 2. The van der Waals surface area contributed by atoms with Gasteiger partial charge in [-0.3, -0.25) is 14.4 Å². The Bertz CT molecular complexity index is 1740. The third kappa shape index (κ3) is 9.77. The highest BCUT2D eigenvalue weighted by Gasteiger charge is 2.54. The van der Waals surface area contributed by atoms with E-state index >= 15 is 0 Å².